The molecule has 164 valence electrons. The van der Waals surface area contributed by atoms with Gasteiger partial charge >= 0.3 is 0 Å². The summed E-state index contributed by atoms with van der Waals surface area (Å²) < 4.78 is 0. The summed E-state index contributed by atoms with van der Waals surface area (Å²) in [6, 6.07) is 7.64. The second kappa shape index (κ2) is 9.63. The molecule has 2 aliphatic heterocycles. The van der Waals surface area contributed by atoms with Gasteiger partial charge in [-0.25, -0.2) is 0 Å². The van der Waals surface area contributed by atoms with E-state index in [0.717, 1.165) is 24.0 Å². The Hall–Kier alpha value is -2.37. The van der Waals surface area contributed by atoms with Gasteiger partial charge in [0.2, 0.25) is 17.7 Å². The van der Waals surface area contributed by atoms with Gasteiger partial charge < -0.3 is 15.1 Å². The van der Waals surface area contributed by atoms with Gasteiger partial charge in [-0.15, -0.1) is 0 Å². The molecule has 2 heterocycles. The Bertz CT molecular complexity index is 782. The summed E-state index contributed by atoms with van der Waals surface area (Å²) in [5, 5.41) is 3.18. The fourth-order valence-electron chi connectivity index (χ4n) is 4.39. The minimum atomic E-state index is -0.471. The number of piperidine rings is 1. The van der Waals surface area contributed by atoms with Crippen LogP contribution in [-0.2, 0) is 27.3 Å². The van der Waals surface area contributed by atoms with Crippen molar-refractivity contribution in [2.45, 2.75) is 72.0 Å². The predicted molar refractivity (Wildman–Crippen MR) is 117 cm³/mol. The van der Waals surface area contributed by atoms with Crippen LogP contribution in [0, 0.1) is 11.8 Å². The van der Waals surface area contributed by atoms with E-state index in [-0.39, 0.29) is 35.6 Å². The third-order valence-corrected chi connectivity index (χ3v) is 6.10. The highest BCUT2D eigenvalue weighted by atomic mass is 16.2. The van der Waals surface area contributed by atoms with Crippen LogP contribution in [0.3, 0.4) is 0 Å². The number of carbonyl (C=O) groups excluding carboxylic acids is 3. The second-order valence-electron chi connectivity index (χ2n) is 9.37. The van der Waals surface area contributed by atoms with E-state index in [1.807, 2.05) is 50.8 Å². The summed E-state index contributed by atoms with van der Waals surface area (Å²) in [5.41, 5.74) is 2.27. The molecule has 2 aliphatic rings. The normalized spacial score (nSPS) is 19.7. The molecule has 3 rings (SSSR count). The molecule has 1 atom stereocenters. The van der Waals surface area contributed by atoms with Crippen LogP contribution in [-0.4, -0.2) is 52.7 Å². The zero-order valence-corrected chi connectivity index (χ0v) is 18.7. The minimum absolute atomic E-state index is 0.000948. The van der Waals surface area contributed by atoms with Crippen molar-refractivity contribution in [2.75, 3.05) is 13.1 Å². The van der Waals surface area contributed by atoms with Gasteiger partial charge in [-0.1, -0.05) is 52.0 Å². The van der Waals surface area contributed by atoms with Crippen LogP contribution < -0.4 is 5.32 Å². The Morgan fingerprint density at radius 3 is 2.27 bits per heavy atom. The van der Waals surface area contributed by atoms with Crippen LogP contribution >= 0.6 is 0 Å². The summed E-state index contributed by atoms with van der Waals surface area (Å²) >= 11 is 0. The van der Waals surface area contributed by atoms with Crippen LogP contribution in [0.15, 0.2) is 24.3 Å². The van der Waals surface area contributed by atoms with Crippen LogP contribution in [0.25, 0.3) is 0 Å². The standard InChI is InChI=1S/C24H35N3O3/c1-16(2)13-22(28)27-15-19-8-6-5-7-18(19)14-21(27)23(29)25-20-9-11-26(12-10-20)24(30)17(3)4/h5-8,16-17,20-21H,9-15H2,1-4H3,(H,25,29). The molecule has 1 N–H and O–H groups in total. The summed E-state index contributed by atoms with van der Waals surface area (Å²) in [4.78, 5) is 42.0. The highest BCUT2D eigenvalue weighted by Crippen LogP contribution is 2.25. The number of rotatable bonds is 5. The highest BCUT2D eigenvalue weighted by Gasteiger charge is 2.36. The highest BCUT2D eigenvalue weighted by molar-refractivity contribution is 5.88. The molecule has 1 aromatic carbocycles. The second-order valence-corrected chi connectivity index (χ2v) is 9.37. The average molecular weight is 414 g/mol. The maximum absolute atomic E-state index is 13.2. The molecule has 0 spiro atoms. The fourth-order valence-corrected chi connectivity index (χ4v) is 4.39. The van der Waals surface area contributed by atoms with Crippen LogP contribution in [0.5, 0.6) is 0 Å². The number of fused-ring (bicyclic) bond motifs is 1. The van der Waals surface area contributed by atoms with E-state index < -0.39 is 6.04 Å². The minimum Gasteiger partial charge on any atom is -0.351 e. The van der Waals surface area contributed by atoms with E-state index in [2.05, 4.69) is 11.4 Å². The molecule has 1 saturated heterocycles. The summed E-state index contributed by atoms with van der Waals surface area (Å²) in [7, 11) is 0. The Kier molecular flexibility index (Phi) is 7.16. The Balaban J connectivity index is 1.66. The van der Waals surface area contributed by atoms with E-state index in [9.17, 15) is 14.4 Å². The monoisotopic (exact) mass is 413 g/mol. The molecule has 1 aromatic rings. The molecule has 6 heteroatoms. The maximum atomic E-state index is 13.2. The van der Waals surface area contributed by atoms with E-state index in [0.29, 0.717) is 32.5 Å². The quantitative estimate of drug-likeness (QED) is 0.807. The zero-order chi connectivity index (χ0) is 21.8. The van der Waals surface area contributed by atoms with Gasteiger partial charge in [0.1, 0.15) is 6.04 Å². The summed E-state index contributed by atoms with van der Waals surface area (Å²) in [6.07, 6.45) is 2.51. The van der Waals surface area contributed by atoms with Gasteiger partial charge in [-0.05, 0) is 29.9 Å². The number of hydrogen-bond donors (Lipinski definition) is 1. The maximum Gasteiger partial charge on any atom is 0.243 e. The fraction of sp³-hybridized carbons (Fsp3) is 0.625. The smallest absolute Gasteiger partial charge is 0.243 e. The van der Waals surface area contributed by atoms with E-state index >= 15 is 0 Å². The van der Waals surface area contributed by atoms with Crippen molar-refractivity contribution in [1.29, 1.82) is 0 Å². The Labute approximate surface area is 180 Å². The molecule has 0 radical (unpaired) electrons. The van der Waals surface area contributed by atoms with Crippen molar-refractivity contribution in [2.24, 2.45) is 11.8 Å². The van der Waals surface area contributed by atoms with Crippen molar-refractivity contribution in [3.8, 4) is 0 Å². The topological polar surface area (TPSA) is 69.7 Å². The average Bonchev–Trinajstić information content (AvgIpc) is 2.72. The van der Waals surface area contributed by atoms with Gasteiger partial charge in [-0.3, -0.25) is 14.4 Å². The van der Waals surface area contributed by atoms with Crippen molar-refractivity contribution in [3.05, 3.63) is 35.4 Å². The number of benzene rings is 1. The van der Waals surface area contributed by atoms with Crippen LogP contribution in [0.4, 0.5) is 0 Å². The third kappa shape index (κ3) is 5.21. The van der Waals surface area contributed by atoms with Gasteiger partial charge in [0.05, 0.1) is 0 Å². The largest absolute Gasteiger partial charge is 0.351 e. The van der Waals surface area contributed by atoms with Crippen molar-refractivity contribution in [3.63, 3.8) is 0 Å². The first-order valence-corrected chi connectivity index (χ1v) is 11.2. The lowest BCUT2D eigenvalue weighted by Crippen LogP contribution is -2.56. The van der Waals surface area contributed by atoms with Gasteiger partial charge in [0.25, 0.3) is 0 Å². The molecule has 0 bridgehead atoms. The first-order chi connectivity index (χ1) is 14.3. The summed E-state index contributed by atoms with van der Waals surface area (Å²) in [5.74, 6) is 0.390. The van der Waals surface area contributed by atoms with Crippen molar-refractivity contribution in [1.82, 2.24) is 15.1 Å². The number of hydrogen-bond acceptors (Lipinski definition) is 3. The van der Waals surface area contributed by atoms with Gasteiger partial charge in [0.15, 0.2) is 0 Å². The predicted octanol–water partition coefficient (Wildman–Crippen LogP) is 2.75. The number of likely N-dealkylation sites (tertiary alicyclic amines) is 1. The van der Waals surface area contributed by atoms with Gasteiger partial charge in [0, 0.05) is 44.4 Å². The Morgan fingerprint density at radius 1 is 1.03 bits per heavy atom. The van der Waals surface area contributed by atoms with Crippen LogP contribution in [0.1, 0.15) is 58.1 Å². The number of carbonyl (C=O) groups is 3. The molecule has 0 saturated carbocycles. The first kappa shape index (κ1) is 22.3. The van der Waals surface area contributed by atoms with E-state index in [4.69, 9.17) is 0 Å². The first-order valence-electron chi connectivity index (χ1n) is 11.2. The molecule has 6 nitrogen and oxygen atoms in total. The lowest BCUT2D eigenvalue weighted by Gasteiger charge is -2.38. The molecule has 0 aliphatic carbocycles. The molecule has 3 amide bonds. The SMILES string of the molecule is CC(C)CC(=O)N1Cc2ccccc2CC1C(=O)NC1CCN(C(=O)C(C)C)CC1. The lowest BCUT2D eigenvalue weighted by molar-refractivity contribution is -0.143. The number of nitrogens with one attached hydrogen (secondary N) is 1. The van der Waals surface area contributed by atoms with Crippen LogP contribution in [0.2, 0.25) is 0 Å². The van der Waals surface area contributed by atoms with E-state index in [1.54, 1.807) is 4.90 Å². The molecular weight excluding hydrogens is 378 g/mol. The molecule has 30 heavy (non-hydrogen) atoms. The van der Waals surface area contributed by atoms with Crippen molar-refractivity contribution < 1.29 is 14.4 Å². The van der Waals surface area contributed by atoms with Gasteiger partial charge in [-0.2, -0.15) is 0 Å². The van der Waals surface area contributed by atoms with E-state index in [1.165, 1.54) is 0 Å². The molecule has 1 unspecified atom stereocenters. The number of nitrogens with zero attached hydrogens (tertiary/aromatic N) is 2. The Morgan fingerprint density at radius 2 is 1.67 bits per heavy atom. The molecular formula is C24H35N3O3. The van der Waals surface area contributed by atoms with Crippen molar-refractivity contribution >= 4 is 17.7 Å². The molecule has 0 aromatic heterocycles. The zero-order valence-electron chi connectivity index (χ0n) is 18.7. The third-order valence-electron chi connectivity index (χ3n) is 6.10. The lowest BCUT2D eigenvalue weighted by atomic mass is 9.92. The molecule has 1 fully saturated rings. The number of amides is 3. The summed E-state index contributed by atoms with van der Waals surface area (Å²) in [6.45, 7) is 9.71.